The lowest BCUT2D eigenvalue weighted by Gasteiger charge is -2.10. The van der Waals surface area contributed by atoms with E-state index in [1.54, 1.807) is 19.9 Å². The second-order valence-corrected chi connectivity index (χ2v) is 3.57. The number of pyridine rings is 1. The topological polar surface area (TPSA) is 63.0 Å². The number of alkyl halides is 2. The third-order valence-corrected chi connectivity index (χ3v) is 2.38. The summed E-state index contributed by atoms with van der Waals surface area (Å²) < 4.78 is 30.1. The van der Waals surface area contributed by atoms with Gasteiger partial charge in [0.2, 0.25) is 0 Å². The highest BCUT2D eigenvalue weighted by molar-refractivity contribution is 5.74. The first kappa shape index (κ1) is 14.0. The summed E-state index contributed by atoms with van der Waals surface area (Å²) >= 11 is 0. The molecule has 1 aromatic heterocycles. The molecule has 0 aliphatic rings. The van der Waals surface area contributed by atoms with Gasteiger partial charge in [0.25, 0.3) is 6.43 Å². The number of carbonyl (C=O) groups is 1. The quantitative estimate of drug-likeness (QED) is 0.773. The van der Waals surface area contributed by atoms with Crippen molar-refractivity contribution in [1.29, 1.82) is 5.26 Å². The maximum Gasteiger partial charge on any atom is 0.310 e. The highest BCUT2D eigenvalue weighted by Crippen LogP contribution is 2.25. The third-order valence-electron chi connectivity index (χ3n) is 2.38. The van der Waals surface area contributed by atoms with Crippen molar-refractivity contribution in [2.75, 3.05) is 6.61 Å². The van der Waals surface area contributed by atoms with E-state index in [4.69, 9.17) is 10.00 Å². The summed E-state index contributed by atoms with van der Waals surface area (Å²) in [5.41, 5.74) is -0.0642. The number of ether oxygens (including phenoxy) is 1. The lowest BCUT2D eigenvalue weighted by molar-refractivity contribution is -0.142. The van der Waals surface area contributed by atoms with Crippen LogP contribution in [0.1, 0.15) is 35.7 Å². The summed E-state index contributed by atoms with van der Waals surface area (Å²) in [5.74, 6) is -0.552. The van der Waals surface area contributed by atoms with Crippen molar-refractivity contribution in [2.45, 2.75) is 26.7 Å². The van der Waals surface area contributed by atoms with Gasteiger partial charge < -0.3 is 4.74 Å². The van der Waals surface area contributed by atoms with E-state index < -0.39 is 18.1 Å². The number of nitrogens with zero attached hydrogens (tertiary/aromatic N) is 2. The first-order chi connectivity index (χ1) is 8.51. The second-order valence-electron chi connectivity index (χ2n) is 3.57. The molecule has 0 amide bonds. The van der Waals surface area contributed by atoms with E-state index in [-0.39, 0.29) is 24.2 Å². The number of halogens is 2. The van der Waals surface area contributed by atoms with Crippen molar-refractivity contribution in [3.05, 3.63) is 28.6 Å². The van der Waals surface area contributed by atoms with Crippen LogP contribution in [0.5, 0.6) is 0 Å². The van der Waals surface area contributed by atoms with Crippen LogP contribution in [0.3, 0.4) is 0 Å². The van der Waals surface area contributed by atoms with Crippen LogP contribution in [0.15, 0.2) is 6.20 Å². The van der Waals surface area contributed by atoms with Gasteiger partial charge in [0.15, 0.2) is 0 Å². The van der Waals surface area contributed by atoms with E-state index in [0.717, 1.165) is 0 Å². The molecule has 0 fully saturated rings. The van der Waals surface area contributed by atoms with Crippen molar-refractivity contribution in [3.8, 4) is 6.07 Å². The van der Waals surface area contributed by atoms with Crippen molar-refractivity contribution in [1.82, 2.24) is 4.98 Å². The van der Waals surface area contributed by atoms with E-state index in [0.29, 0.717) is 5.56 Å². The molecule has 0 aromatic carbocycles. The largest absolute Gasteiger partial charge is 0.466 e. The standard InChI is InChI=1S/C12H12F2N2O2/c1-3-18-10(17)4-8-7(2)6-16-11(12(13)14)9(8)5-15/h6,12H,3-4H2,1-2H3. The van der Waals surface area contributed by atoms with Gasteiger partial charge in [0.05, 0.1) is 18.6 Å². The first-order valence-corrected chi connectivity index (χ1v) is 5.33. The molecule has 96 valence electrons. The molecule has 0 aliphatic carbocycles. The van der Waals surface area contributed by atoms with Gasteiger partial charge in [0, 0.05) is 6.20 Å². The molecule has 4 nitrogen and oxygen atoms in total. The molecule has 0 spiro atoms. The van der Waals surface area contributed by atoms with Gasteiger partial charge in [-0.2, -0.15) is 5.26 Å². The average molecular weight is 254 g/mol. The molecule has 0 bridgehead atoms. The average Bonchev–Trinajstić information content (AvgIpc) is 2.31. The minimum absolute atomic E-state index is 0.201. The minimum atomic E-state index is -2.85. The van der Waals surface area contributed by atoms with Crippen molar-refractivity contribution in [2.24, 2.45) is 0 Å². The first-order valence-electron chi connectivity index (χ1n) is 5.33. The monoisotopic (exact) mass is 254 g/mol. The van der Waals surface area contributed by atoms with E-state index in [1.165, 1.54) is 6.20 Å². The molecule has 0 saturated carbocycles. The normalized spacial score (nSPS) is 10.2. The molecule has 0 saturated heterocycles. The molecule has 1 heterocycles. The Kier molecular flexibility index (Phi) is 4.72. The molecular weight excluding hydrogens is 242 g/mol. The van der Waals surface area contributed by atoms with Crippen LogP contribution in [-0.2, 0) is 16.0 Å². The Balaban J connectivity index is 3.21. The number of hydrogen-bond donors (Lipinski definition) is 0. The second kappa shape index (κ2) is 6.05. The zero-order valence-corrected chi connectivity index (χ0v) is 10.0. The summed E-state index contributed by atoms with van der Waals surface area (Å²) in [5, 5.41) is 8.94. The lowest BCUT2D eigenvalue weighted by Crippen LogP contribution is -2.12. The van der Waals surface area contributed by atoms with E-state index in [2.05, 4.69) is 4.98 Å². The van der Waals surface area contributed by atoms with Crippen LogP contribution >= 0.6 is 0 Å². The molecule has 18 heavy (non-hydrogen) atoms. The summed E-state index contributed by atoms with van der Waals surface area (Å²) in [7, 11) is 0. The minimum Gasteiger partial charge on any atom is -0.466 e. The zero-order valence-electron chi connectivity index (χ0n) is 10.0. The van der Waals surface area contributed by atoms with E-state index in [9.17, 15) is 13.6 Å². The van der Waals surface area contributed by atoms with Gasteiger partial charge >= 0.3 is 5.97 Å². The number of aromatic nitrogens is 1. The van der Waals surface area contributed by atoms with Crippen LogP contribution in [0.2, 0.25) is 0 Å². The van der Waals surface area contributed by atoms with Crippen LogP contribution in [-0.4, -0.2) is 17.6 Å². The molecule has 1 rings (SSSR count). The molecule has 0 aliphatic heterocycles. The van der Waals surface area contributed by atoms with Crippen LogP contribution in [0, 0.1) is 18.3 Å². The number of hydrogen-bond acceptors (Lipinski definition) is 4. The van der Waals surface area contributed by atoms with Crippen molar-refractivity contribution in [3.63, 3.8) is 0 Å². The molecule has 0 unspecified atom stereocenters. The fraction of sp³-hybridized carbons (Fsp3) is 0.417. The molecule has 0 N–H and O–H groups in total. The molecule has 6 heteroatoms. The smallest absolute Gasteiger partial charge is 0.310 e. The van der Waals surface area contributed by atoms with Gasteiger partial charge in [-0.25, -0.2) is 8.78 Å². The fourth-order valence-electron chi connectivity index (χ4n) is 1.53. The van der Waals surface area contributed by atoms with Gasteiger partial charge in [-0.15, -0.1) is 0 Å². The highest BCUT2D eigenvalue weighted by Gasteiger charge is 2.21. The summed E-state index contributed by atoms with van der Waals surface area (Å²) in [6, 6.07) is 1.68. The third kappa shape index (κ3) is 3.00. The summed E-state index contributed by atoms with van der Waals surface area (Å²) in [6.07, 6.45) is -1.82. The van der Waals surface area contributed by atoms with Gasteiger partial charge in [-0.1, -0.05) is 0 Å². The molecule has 1 aromatic rings. The Hall–Kier alpha value is -2.03. The Morgan fingerprint density at radius 3 is 2.78 bits per heavy atom. The van der Waals surface area contributed by atoms with E-state index in [1.807, 2.05) is 0 Å². The Labute approximate surface area is 103 Å². The maximum atomic E-state index is 12.7. The molecule has 0 radical (unpaired) electrons. The Morgan fingerprint density at radius 1 is 1.61 bits per heavy atom. The number of nitriles is 1. The SMILES string of the molecule is CCOC(=O)Cc1c(C)cnc(C(F)F)c1C#N. The maximum absolute atomic E-state index is 12.7. The summed E-state index contributed by atoms with van der Waals surface area (Å²) in [6.45, 7) is 3.46. The zero-order chi connectivity index (χ0) is 13.7. The summed E-state index contributed by atoms with van der Waals surface area (Å²) in [4.78, 5) is 14.9. The number of rotatable bonds is 4. The van der Waals surface area contributed by atoms with Crippen LogP contribution in [0.25, 0.3) is 0 Å². The Morgan fingerprint density at radius 2 is 2.28 bits per heavy atom. The highest BCUT2D eigenvalue weighted by atomic mass is 19.3. The molecular formula is C12H12F2N2O2. The van der Waals surface area contributed by atoms with Gasteiger partial charge in [-0.3, -0.25) is 9.78 Å². The Bertz CT molecular complexity index is 496. The lowest BCUT2D eigenvalue weighted by atomic mass is 10.00. The van der Waals surface area contributed by atoms with Crippen molar-refractivity contribution < 1.29 is 18.3 Å². The number of aryl methyl sites for hydroxylation is 1. The van der Waals surface area contributed by atoms with E-state index >= 15 is 0 Å². The van der Waals surface area contributed by atoms with Crippen LogP contribution < -0.4 is 0 Å². The predicted molar refractivity (Wildman–Crippen MR) is 59.0 cm³/mol. The fourth-order valence-corrected chi connectivity index (χ4v) is 1.53. The van der Waals surface area contributed by atoms with Gasteiger partial charge in [0.1, 0.15) is 11.8 Å². The number of esters is 1. The van der Waals surface area contributed by atoms with Crippen LogP contribution in [0.4, 0.5) is 8.78 Å². The number of carbonyl (C=O) groups excluding carboxylic acids is 1. The van der Waals surface area contributed by atoms with Gasteiger partial charge in [-0.05, 0) is 25.0 Å². The predicted octanol–water partition coefficient (Wildman–Crippen LogP) is 2.30. The van der Waals surface area contributed by atoms with Crippen molar-refractivity contribution >= 4 is 5.97 Å². The molecule has 0 atom stereocenters.